The second kappa shape index (κ2) is 8.67. The van der Waals surface area contributed by atoms with E-state index in [9.17, 15) is 4.79 Å². The van der Waals surface area contributed by atoms with Gasteiger partial charge in [0.2, 0.25) is 5.91 Å². The van der Waals surface area contributed by atoms with E-state index in [4.69, 9.17) is 0 Å². The lowest BCUT2D eigenvalue weighted by atomic mass is 10.1. The van der Waals surface area contributed by atoms with Crippen LogP contribution in [-0.2, 0) is 11.2 Å². The van der Waals surface area contributed by atoms with Crippen LogP contribution in [0.15, 0.2) is 54.6 Å². The summed E-state index contributed by atoms with van der Waals surface area (Å²) in [5, 5.41) is 3.37. The van der Waals surface area contributed by atoms with Crippen molar-refractivity contribution in [1.82, 2.24) is 5.32 Å². The molecule has 1 aliphatic heterocycles. The van der Waals surface area contributed by atoms with E-state index < -0.39 is 0 Å². The van der Waals surface area contributed by atoms with Crippen LogP contribution >= 0.6 is 0 Å². The van der Waals surface area contributed by atoms with E-state index in [1.54, 1.807) is 4.90 Å². The molecule has 0 spiro atoms. The second-order valence-corrected chi connectivity index (χ2v) is 6.55. The molecule has 1 N–H and O–H groups in total. The lowest BCUT2D eigenvalue weighted by Crippen LogP contribution is -2.43. The monoisotopic (exact) mass is 337 g/mol. The summed E-state index contributed by atoms with van der Waals surface area (Å²) >= 11 is 0. The van der Waals surface area contributed by atoms with Crippen LogP contribution in [0.3, 0.4) is 0 Å². The Morgan fingerprint density at radius 1 is 1.04 bits per heavy atom. The summed E-state index contributed by atoms with van der Waals surface area (Å²) < 4.78 is 0. The smallest absolute Gasteiger partial charge is 0.226 e. The van der Waals surface area contributed by atoms with Crippen LogP contribution in [-0.4, -0.2) is 39.1 Å². The average molecular weight is 337 g/mol. The number of aryl methyl sites for hydroxylation is 1. The van der Waals surface area contributed by atoms with Gasteiger partial charge in [0.25, 0.3) is 0 Å². The van der Waals surface area contributed by atoms with Crippen LogP contribution in [0.25, 0.3) is 0 Å². The van der Waals surface area contributed by atoms with Crippen molar-refractivity contribution in [3.63, 3.8) is 0 Å². The number of nitrogens with one attached hydrogen (secondary N) is 1. The lowest BCUT2D eigenvalue weighted by Gasteiger charge is -2.29. The van der Waals surface area contributed by atoms with Crippen molar-refractivity contribution in [3.05, 3.63) is 60.2 Å². The first-order chi connectivity index (χ1) is 12.2. The first-order valence-corrected chi connectivity index (χ1v) is 9.10. The van der Waals surface area contributed by atoms with Crippen LogP contribution in [0.5, 0.6) is 0 Å². The Morgan fingerprint density at radius 3 is 2.40 bits per heavy atom. The maximum Gasteiger partial charge on any atom is 0.226 e. The molecule has 1 heterocycles. The molecule has 0 aliphatic carbocycles. The third-order valence-electron chi connectivity index (χ3n) is 4.79. The van der Waals surface area contributed by atoms with Crippen LogP contribution < -0.4 is 15.1 Å². The molecule has 0 aromatic heterocycles. The summed E-state index contributed by atoms with van der Waals surface area (Å²) in [7, 11) is 1.87. The Morgan fingerprint density at radius 2 is 1.72 bits per heavy atom. The Labute approximate surface area is 150 Å². The van der Waals surface area contributed by atoms with Gasteiger partial charge in [0.15, 0.2) is 0 Å². The average Bonchev–Trinajstić information content (AvgIpc) is 2.69. The van der Waals surface area contributed by atoms with Crippen molar-refractivity contribution in [2.24, 2.45) is 0 Å². The summed E-state index contributed by atoms with van der Waals surface area (Å²) in [6.07, 6.45) is 2.40. The van der Waals surface area contributed by atoms with Crippen molar-refractivity contribution < 1.29 is 4.79 Å². The zero-order chi connectivity index (χ0) is 17.5. The minimum atomic E-state index is 0.172. The molecule has 4 nitrogen and oxygen atoms in total. The molecule has 0 radical (unpaired) electrons. The van der Waals surface area contributed by atoms with Crippen LogP contribution in [0, 0.1) is 0 Å². The maximum atomic E-state index is 12.4. The highest BCUT2D eigenvalue weighted by Crippen LogP contribution is 2.21. The Balaban J connectivity index is 1.51. The van der Waals surface area contributed by atoms with Crippen LogP contribution in [0.2, 0.25) is 0 Å². The number of hydrogen-bond donors (Lipinski definition) is 1. The topological polar surface area (TPSA) is 35.6 Å². The number of benzene rings is 2. The van der Waals surface area contributed by atoms with Gasteiger partial charge in [0.1, 0.15) is 0 Å². The summed E-state index contributed by atoms with van der Waals surface area (Å²) in [6.45, 7) is 4.13. The van der Waals surface area contributed by atoms with Crippen molar-refractivity contribution >= 4 is 17.3 Å². The fourth-order valence-electron chi connectivity index (χ4n) is 3.21. The molecule has 0 saturated carbocycles. The molecule has 0 bridgehead atoms. The summed E-state index contributed by atoms with van der Waals surface area (Å²) in [5.41, 5.74) is 3.48. The molecule has 1 fully saturated rings. The Hall–Kier alpha value is -2.33. The lowest BCUT2D eigenvalue weighted by molar-refractivity contribution is -0.118. The molecule has 2 aromatic rings. The van der Waals surface area contributed by atoms with Gasteiger partial charge < -0.3 is 15.1 Å². The largest absolute Gasteiger partial charge is 0.369 e. The SMILES string of the molecule is CN(C(=O)CCCc1ccccc1)c1ccc(N2CCNCC2)cc1. The minimum absolute atomic E-state index is 0.172. The van der Waals surface area contributed by atoms with Gasteiger partial charge in [-0.25, -0.2) is 0 Å². The van der Waals surface area contributed by atoms with E-state index in [2.05, 4.69) is 34.5 Å². The van der Waals surface area contributed by atoms with Gasteiger partial charge >= 0.3 is 0 Å². The molecular weight excluding hydrogens is 310 g/mol. The number of anilines is 2. The van der Waals surface area contributed by atoms with Crippen LogP contribution in [0.4, 0.5) is 11.4 Å². The van der Waals surface area contributed by atoms with E-state index in [1.807, 2.05) is 37.4 Å². The van der Waals surface area contributed by atoms with Crippen molar-refractivity contribution in [1.29, 1.82) is 0 Å². The van der Waals surface area contributed by atoms with E-state index in [-0.39, 0.29) is 5.91 Å². The normalized spacial score (nSPS) is 14.4. The predicted molar refractivity (Wildman–Crippen MR) is 104 cm³/mol. The van der Waals surface area contributed by atoms with E-state index >= 15 is 0 Å². The molecule has 3 rings (SSSR count). The van der Waals surface area contributed by atoms with Gasteiger partial charge in [-0.1, -0.05) is 30.3 Å². The highest BCUT2D eigenvalue weighted by Gasteiger charge is 2.13. The van der Waals surface area contributed by atoms with Crippen molar-refractivity contribution in [3.8, 4) is 0 Å². The molecule has 25 heavy (non-hydrogen) atoms. The third-order valence-corrected chi connectivity index (χ3v) is 4.79. The van der Waals surface area contributed by atoms with Crippen molar-refractivity contribution in [2.75, 3.05) is 43.0 Å². The van der Waals surface area contributed by atoms with Crippen LogP contribution in [0.1, 0.15) is 18.4 Å². The Kier molecular flexibility index (Phi) is 6.07. The minimum Gasteiger partial charge on any atom is -0.369 e. The predicted octanol–water partition coefficient (Wildman–Crippen LogP) is 3.08. The number of carbonyl (C=O) groups excluding carboxylic acids is 1. The molecule has 0 atom stereocenters. The number of piperazine rings is 1. The molecular formula is C21H27N3O. The summed E-state index contributed by atoms with van der Waals surface area (Å²) in [4.78, 5) is 16.6. The van der Waals surface area contributed by atoms with Crippen molar-refractivity contribution in [2.45, 2.75) is 19.3 Å². The van der Waals surface area contributed by atoms with Gasteiger partial charge in [0, 0.05) is 51.0 Å². The fourth-order valence-corrected chi connectivity index (χ4v) is 3.21. The molecule has 132 valence electrons. The first-order valence-electron chi connectivity index (χ1n) is 9.10. The standard InChI is InChI=1S/C21H27N3O/c1-23(21(25)9-5-8-18-6-3-2-4-7-18)19-10-12-20(13-11-19)24-16-14-22-15-17-24/h2-4,6-7,10-13,22H,5,8-9,14-17H2,1H3. The van der Waals surface area contributed by atoms with Gasteiger partial charge in [-0.3, -0.25) is 4.79 Å². The van der Waals surface area contributed by atoms with E-state index in [1.165, 1.54) is 11.3 Å². The van der Waals surface area contributed by atoms with Gasteiger partial charge in [-0.15, -0.1) is 0 Å². The van der Waals surface area contributed by atoms with Gasteiger partial charge in [0.05, 0.1) is 0 Å². The zero-order valence-corrected chi connectivity index (χ0v) is 14.9. The molecule has 2 aromatic carbocycles. The highest BCUT2D eigenvalue weighted by atomic mass is 16.2. The molecule has 4 heteroatoms. The highest BCUT2D eigenvalue weighted by molar-refractivity contribution is 5.92. The summed E-state index contributed by atoms with van der Waals surface area (Å²) in [6, 6.07) is 18.7. The second-order valence-electron chi connectivity index (χ2n) is 6.55. The summed E-state index contributed by atoms with van der Waals surface area (Å²) in [5.74, 6) is 0.172. The quantitative estimate of drug-likeness (QED) is 0.880. The molecule has 1 saturated heterocycles. The molecule has 1 amide bonds. The Bertz CT molecular complexity index is 663. The molecule has 0 unspecified atom stereocenters. The van der Waals surface area contributed by atoms with Gasteiger partial charge in [-0.05, 0) is 42.7 Å². The number of amides is 1. The van der Waals surface area contributed by atoms with E-state index in [0.29, 0.717) is 6.42 Å². The first kappa shape index (κ1) is 17.5. The fraction of sp³-hybridized carbons (Fsp3) is 0.381. The molecule has 1 aliphatic rings. The van der Waals surface area contributed by atoms with E-state index in [0.717, 1.165) is 44.7 Å². The number of carbonyl (C=O) groups is 1. The zero-order valence-electron chi connectivity index (χ0n) is 14.9. The third kappa shape index (κ3) is 4.83. The number of nitrogens with zero attached hydrogens (tertiary/aromatic N) is 2. The number of hydrogen-bond acceptors (Lipinski definition) is 3. The number of rotatable bonds is 6. The maximum absolute atomic E-state index is 12.4. The van der Waals surface area contributed by atoms with Gasteiger partial charge in [-0.2, -0.15) is 0 Å².